The zero-order valence-electron chi connectivity index (χ0n) is 9.74. The van der Waals surface area contributed by atoms with Gasteiger partial charge in [-0.15, -0.1) is 0 Å². The van der Waals surface area contributed by atoms with Crippen LogP contribution in [0.3, 0.4) is 0 Å². The number of nitrogens with one attached hydrogen (secondary N) is 2. The third-order valence-electron chi connectivity index (χ3n) is 2.37. The summed E-state index contributed by atoms with van der Waals surface area (Å²) < 4.78 is 18.8. The van der Waals surface area contributed by atoms with Gasteiger partial charge in [-0.25, -0.2) is 9.37 Å². The summed E-state index contributed by atoms with van der Waals surface area (Å²) in [6.45, 7) is 0.211. The van der Waals surface area contributed by atoms with Crippen molar-refractivity contribution >= 4 is 11.7 Å². The largest absolute Gasteiger partial charge is 0.467 e. The van der Waals surface area contributed by atoms with Gasteiger partial charge in [-0.05, 0) is 18.2 Å². The molecular formula is C12H12FN3O2. The molecular weight excluding hydrogens is 237 g/mol. The predicted octanol–water partition coefficient (Wildman–Crippen LogP) is 1.79. The van der Waals surface area contributed by atoms with Gasteiger partial charge in [0.05, 0.1) is 18.4 Å². The molecule has 0 fully saturated rings. The molecule has 0 aliphatic carbocycles. The van der Waals surface area contributed by atoms with Crippen LogP contribution >= 0.6 is 0 Å². The molecule has 0 saturated carbocycles. The van der Waals surface area contributed by atoms with Gasteiger partial charge in [-0.2, -0.15) is 0 Å². The van der Waals surface area contributed by atoms with Gasteiger partial charge in [0.2, 0.25) is 0 Å². The van der Waals surface area contributed by atoms with E-state index in [9.17, 15) is 9.18 Å². The van der Waals surface area contributed by atoms with Gasteiger partial charge in [-0.1, -0.05) is 0 Å². The van der Waals surface area contributed by atoms with Crippen molar-refractivity contribution in [3.8, 4) is 0 Å². The lowest BCUT2D eigenvalue weighted by Crippen LogP contribution is -2.24. The third kappa shape index (κ3) is 2.48. The summed E-state index contributed by atoms with van der Waals surface area (Å²) in [6.07, 6.45) is 2.88. The SMILES string of the molecule is CNc1nccc(C(=O)NCc2ccco2)c1F. The molecule has 94 valence electrons. The molecule has 2 aromatic heterocycles. The Kier molecular flexibility index (Phi) is 3.57. The quantitative estimate of drug-likeness (QED) is 0.866. The summed E-state index contributed by atoms with van der Waals surface area (Å²) in [7, 11) is 1.54. The Morgan fingerprint density at radius 2 is 2.33 bits per heavy atom. The lowest BCUT2D eigenvalue weighted by Gasteiger charge is -2.07. The van der Waals surface area contributed by atoms with Gasteiger partial charge in [0.25, 0.3) is 5.91 Å². The van der Waals surface area contributed by atoms with E-state index in [1.54, 1.807) is 12.1 Å². The standard InChI is InChI=1S/C12H12FN3O2/c1-14-11-10(13)9(4-5-15-11)12(17)16-7-8-3-2-6-18-8/h2-6H,7H2,1H3,(H,14,15)(H,16,17). The number of amides is 1. The molecule has 2 rings (SSSR count). The molecule has 0 bridgehead atoms. The molecule has 2 N–H and O–H groups in total. The minimum Gasteiger partial charge on any atom is -0.467 e. The second-order valence-electron chi connectivity index (χ2n) is 3.53. The first-order valence-corrected chi connectivity index (χ1v) is 5.35. The number of aromatic nitrogens is 1. The summed E-state index contributed by atoms with van der Waals surface area (Å²) in [6, 6.07) is 4.77. The predicted molar refractivity (Wildman–Crippen MR) is 63.6 cm³/mol. The van der Waals surface area contributed by atoms with Crippen LogP contribution < -0.4 is 10.6 Å². The minimum atomic E-state index is -0.669. The van der Waals surface area contributed by atoms with Crippen molar-refractivity contribution in [1.82, 2.24) is 10.3 Å². The number of rotatable bonds is 4. The van der Waals surface area contributed by atoms with Gasteiger partial charge in [0, 0.05) is 13.2 Å². The van der Waals surface area contributed by atoms with Crippen LogP contribution in [0.5, 0.6) is 0 Å². The van der Waals surface area contributed by atoms with E-state index in [2.05, 4.69) is 15.6 Å². The number of carbonyl (C=O) groups is 1. The highest BCUT2D eigenvalue weighted by Crippen LogP contribution is 2.14. The van der Waals surface area contributed by atoms with E-state index in [0.717, 1.165) is 0 Å². The van der Waals surface area contributed by atoms with Crippen molar-refractivity contribution in [1.29, 1.82) is 0 Å². The summed E-state index contributed by atoms with van der Waals surface area (Å²) in [5.74, 6) is -0.535. The normalized spacial score (nSPS) is 10.1. The van der Waals surface area contributed by atoms with E-state index >= 15 is 0 Å². The molecule has 0 aromatic carbocycles. The first-order valence-electron chi connectivity index (χ1n) is 5.35. The fourth-order valence-corrected chi connectivity index (χ4v) is 1.47. The van der Waals surface area contributed by atoms with E-state index in [4.69, 9.17) is 4.42 Å². The summed E-state index contributed by atoms with van der Waals surface area (Å²) in [5, 5.41) is 5.14. The molecule has 0 atom stereocenters. The van der Waals surface area contributed by atoms with Gasteiger partial charge in [0.15, 0.2) is 11.6 Å². The second-order valence-corrected chi connectivity index (χ2v) is 3.53. The Morgan fingerprint density at radius 3 is 3.00 bits per heavy atom. The zero-order valence-corrected chi connectivity index (χ0v) is 9.74. The van der Waals surface area contributed by atoms with E-state index in [1.165, 1.54) is 25.6 Å². The van der Waals surface area contributed by atoms with Crippen LogP contribution in [0.15, 0.2) is 35.1 Å². The maximum Gasteiger partial charge on any atom is 0.254 e. The van der Waals surface area contributed by atoms with Crippen molar-refractivity contribution in [2.75, 3.05) is 12.4 Å². The molecule has 0 spiro atoms. The fourth-order valence-electron chi connectivity index (χ4n) is 1.47. The van der Waals surface area contributed by atoms with Crippen LogP contribution in [0.25, 0.3) is 0 Å². The number of anilines is 1. The van der Waals surface area contributed by atoms with Crippen molar-refractivity contribution in [2.45, 2.75) is 6.54 Å². The Balaban J connectivity index is 2.09. The fraction of sp³-hybridized carbons (Fsp3) is 0.167. The average molecular weight is 249 g/mol. The molecule has 5 nitrogen and oxygen atoms in total. The Bertz CT molecular complexity index is 540. The van der Waals surface area contributed by atoms with E-state index in [0.29, 0.717) is 5.76 Å². The van der Waals surface area contributed by atoms with Gasteiger partial charge >= 0.3 is 0 Å². The summed E-state index contributed by atoms with van der Waals surface area (Å²) in [5.41, 5.74) is -0.0547. The molecule has 18 heavy (non-hydrogen) atoms. The van der Waals surface area contributed by atoms with E-state index in [-0.39, 0.29) is 17.9 Å². The molecule has 2 heterocycles. The lowest BCUT2D eigenvalue weighted by molar-refractivity contribution is 0.0944. The van der Waals surface area contributed by atoms with Crippen LogP contribution in [-0.4, -0.2) is 17.9 Å². The number of hydrogen-bond donors (Lipinski definition) is 2. The monoisotopic (exact) mass is 249 g/mol. The summed E-state index contributed by atoms with van der Waals surface area (Å²) >= 11 is 0. The average Bonchev–Trinajstić information content (AvgIpc) is 2.89. The van der Waals surface area contributed by atoms with Crippen molar-refractivity contribution < 1.29 is 13.6 Å². The highest BCUT2D eigenvalue weighted by atomic mass is 19.1. The molecule has 0 radical (unpaired) electrons. The number of carbonyl (C=O) groups excluding carboxylic acids is 1. The Labute approximate surface area is 103 Å². The number of hydrogen-bond acceptors (Lipinski definition) is 4. The first-order chi connectivity index (χ1) is 8.72. The van der Waals surface area contributed by atoms with Crippen LogP contribution in [0, 0.1) is 5.82 Å². The van der Waals surface area contributed by atoms with Crippen LogP contribution in [0.4, 0.5) is 10.2 Å². The molecule has 6 heteroatoms. The number of furan rings is 1. The first kappa shape index (κ1) is 12.1. The van der Waals surface area contributed by atoms with Crippen LogP contribution in [0.2, 0.25) is 0 Å². The van der Waals surface area contributed by atoms with E-state index < -0.39 is 11.7 Å². The van der Waals surface area contributed by atoms with Gasteiger partial charge < -0.3 is 15.1 Å². The topological polar surface area (TPSA) is 67.2 Å². The zero-order chi connectivity index (χ0) is 13.0. The minimum absolute atomic E-state index is 0.0423. The maximum atomic E-state index is 13.8. The lowest BCUT2D eigenvalue weighted by atomic mass is 10.2. The molecule has 0 saturated heterocycles. The number of pyridine rings is 1. The molecule has 1 amide bonds. The highest BCUT2D eigenvalue weighted by molar-refractivity contribution is 5.95. The van der Waals surface area contributed by atoms with E-state index in [1.807, 2.05) is 0 Å². The van der Waals surface area contributed by atoms with Crippen LogP contribution in [-0.2, 0) is 6.54 Å². The third-order valence-corrected chi connectivity index (χ3v) is 2.37. The molecule has 0 aliphatic rings. The van der Waals surface area contributed by atoms with Crippen molar-refractivity contribution in [3.05, 3.63) is 47.8 Å². The number of nitrogens with zero attached hydrogens (tertiary/aromatic N) is 1. The van der Waals surface area contributed by atoms with Gasteiger partial charge in [-0.3, -0.25) is 4.79 Å². The number of halogens is 1. The highest BCUT2D eigenvalue weighted by Gasteiger charge is 2.15. The second kappa shape index (κ2) is 5.31. The molecule has 2 aromatic rings. The van der Waals surface area contributed by atoms with Crippen LogP contribution in [0.1, 0.15) is 16.1 Å². The molecule has 0 unspecified atom stereocenters. The summed E-state index contributed by atoms with van der Waals surface area (Å²) in [4.78, 5) is 15.5. The van der Waals surface area contributed by atoms with Crippen molar-refractivity contribution in [3.63, 3.8) is 0 Å². The molecule has 0 aliphatic heterocycles. The Morgan fingerprint density at radius 1 is 1.50 bits per heavy atom. The maximum absolute atomic E-state index is 13.8. The van der Waals surface area contributed by atoms with Gasteiger partial charge in [0.1, 0.15) is 5.76 Å². The smallest absolute Gasteiger partial charge is 0.254 e. The Hall–Kier alpha value is -2.37. The van der Waals surface area contributed by atoms with Crippen molar-refractivity contribution in [2.24, 2.45) is 0 Å².